The van der Waals surface area contributed by atoms with Gasteiger partial charge >= 0.3 is 0 Å². The van der Waals surface area contributed by atoms with E-state index in [4.69, 9.17) is 4.74 Å². The van der Waals surface area contributed by atoms with Crippen molar-refractivity contribution in [3.8, 4) is 5.88 Å². The first-order valence-corrected chi connectivity index (χ1v) is 9.61. The maximum atomic E-state index is 12.8. The molecule has 4 nitrogen and oxygen atoms in total. The first kappa shape index (κ1) is 18.1. The van der Waals surface area contributed by atoms with Crippen LogP contribution in [0.3, 0.4) is 0 Å². The van der Waals surface area contributed by atoms with Gasteiger partial charge in [-0.15, -0.1) is 0 Å². The Labute approximate surface area is 144 Å². The summed E-state index contributed by atoms with van der Waals surface area (Å²) in [6.45, 7) is 10.1. The van der Waals surface area contributed by atoms with E-state index in [-0.39, 0.29) is 12.0 Å². The number of carbonyl (C=O) groups is 1. The molecule has 1 amide bonds. The fourth-order valence-corrected chi connectivity index (χ4v) is 3.78. The maximum Gasteiger partial charge on any atom is 0.254 e. The normalized spacial score (nSPS) is 17.7. The van der Waals surface area contributed by atoms with Gasteiger partial charge in [0.15, 0.2) is 0 Å². The molecule has 1 aromatic rings. The number of carbonyl (C=O) groups excluding carboxylic acids is 1. The van der Waals surface area contributed by atoms with Gasteiger partial charge in [0.05, 0.1) is 0 Å². The van der Waals surface area contributed by atoms with E-state index in [9.17, 15) is 4.79 Å². The number of rotatable bonds is 7. The summed E-state index contributed by atoms with van der Waals surface area (Å²) in [6.07, 6.45) is 2.95. The smallest absolute Gasteiger partial charge is 0.254 e. The maximum absolute atomic E-state index is 12.8. The predicted molar refractivity (Wildman–Crippen MR) is 96.2 cm³/mol. The molecule has 5 heteroatoms. The van der Waals surface area contributed by atoms with Crippen molar-refractivity contribution in [2.24, 2.45) is 11.8 Å². The zero-order chi connectivity index (χ0) is 16.8. The second-order valence-electron chi connectivity index (χ2n) is 6.98. The van der Waals surface area contributed by atoms with Crippen LogP contribution in [0.15, 0.2) is 18.3 Å². The molecule has 2 heterocycles. The molecule has 0 aromatic carbocycles. The fourth-order valence-electron chi connectivity index (χ4n) is 2.69. The Balaban J connectivity index is 2.09. The van der Waals surface area contributed by atoms with Crippen molar-refractivity contribution < 1.29 is 9.53 Å². The molecule has 0 saturated carbocycles. The minimum absolute atomic E-state index is 0.0699. The van der Waals surface area contributed by atoms with E-state index >= 15 is 0 Å². The summed E-state index contributed by atoms with van der Waals surface area (Å²) in [6, 6.07) is 3.57. The van der Waals surface area contributed by atoms with Gasteiger partial charge in [0, 0.05) is 36.7 Å². The molecule has 1 aromatic heterocycles. The van der Waals surface area contributed by atoms with Crippen molar-refractivity contribution >= 4 is 17.7 Å². The van der Waals surface area contributed by atoms with Crippen molar-refractivity contribution in [2.45, 2.75) is 40.2 Å². The van der Waals surface area contributed by atoms with E-state index in [1.807, 2.05) is 16.7 Å². The lowest BCUT2D eigenvalue weighted by Gasteiger charge is -2.26. The molecular formula is C18H28N2O2S. The van der Waals surface area contributed by atoms with Crippen LogP contribution in [0.1, 0.15) is 44.5 Å². The lowest BCUT2D eigenvalue weighted by atomic mass is 10.1. The predicted octanol–water partition coefficient (Wildman–Crippen LogP) is 3.72. The van der Waals surface area contributed by atoms with Crippen molar-refractivity contribution in [3.05, 3.63) is 23.9 Å². The van der Waals surface area contributed by atoms with Gasteiger partial charge in [0.1, 0.15) is 6.10 Å². The zero-order valence-corrected chi connectivity index (χ0v) is 15.4. The van der Waals surface area contributed by atoms with Crippen LogP contribution in [0, 0.1) is 11.8 Å². The van der Waals surface area contributed by atoms with Crippen LogP contribution in [-0.2, 0) is 0 Å². The fraction of sp³-hybridized carbons (Fsp3) is 0.667. The van der Waals surface area contributed by atoms with E-state index in [0.29, 0.717) is 23.3 Å². The SMILES string of the molecule is CC(C)CN(CC(C)C)C(=O)c1ccnc(OC2CCSC2)c1. The molecule has 0 bridgehead atoms. The van der Waals surface area contributed by atoms with E-state index < -0.39 is 0 Å². The molecule has 128 valence electrons. The Morgan fingerprint density at radius 2 is 2.04 bits per heavy atom. The number of ether oxygens (including phenoxy) is 1. The van der Waals surface area contributed by atoms with Crippen LogP contribution >= 0.6 is 11.8 Å². The lowest BCUT2D eigenvalue weighted by molar-refractivity contribution is 0.0714. The summed E-state index contributed by atoms with van der Waals surface area (Å²) in [5.41, 5.74) is 0.668. The van der Waals surface area contributed by atoms with E-state index in [1.165, 1.54) is 0 Å². The van der Waals surface area contributed by atoms with Crippen LogP contribution in [0.25, 0.3) is 0 Å². The highest BCUT2D eigenvalue weighted by atomic mass is 32.2. The van der Waals surface area contributed by atoms with E-state index in [0.717, 1.165) is 31.0 Å². The van der Waals surface area contributed by atoms with Crippen LogP contribution < -0.4 is 4.74 Å². The summed E-state index contributed by atoms with van der Waals surface area (Å²) in [7, 11) is 0. The van der Waals surface area contributed by atoms with Crippen LogP contribution in [0.4, 0.5) is 0 Å². The van der Waals surface area contributed by atoms with Gasteiger partial charge in [-0.25, -0.2) is 4.98 Å². The minimum atomic E-state index is 0.0699. The number of hydrogen-bond acceptors (Lipinski definition) is 4. The van der Waals surface area contributed by atoms with Gasteiger partial charge in [-0.3, -0.25) is 4.79 Å². The third-order valence-corrected chi connectivity index (χ3v) is 4.75. The van der Waals surface area contributed by atoms with Crippen molar-refractivity contribution in [1.29, 1.82) is 0 Å². The van der Waals surface area contributed by atoms with Gasteiger partial charge in [-0.2, -0.15) is 11.8 Å². The number of hydrogen-bond donors (Lipinski definition) is 0. The molecule has 0 aliphatic carbocycles. The van der Waals surface area contributed by atoms with Gasteiger partial charge in [-0.1, -0.05) is 27.7 Å². The molecule has 1 saturated heterocycles. The number of pyridine rings is 1. The Hall–Kier alpha value is -1.23. The van der Waals surface area contributed by atoms with E-state index in [2.05, 4.69) is 32.7 Å². The summed E-state index contributed by atoms with van der Waals surface area (Å²) < 4.78 is 5.91. The molecule has 1 fully saturated rings. The lowest BCUT2D eigenvalue weighted by Crippen LogP contribution is -2.37. The molecule has 0 N–H and O–H groups in total. The molecule has 23 heavy (non-hydrogen) atoms. The van der Waals surface area contributed by atoms with Crippen molar-refractivity contribution in [1.82, 2.24) is 9.88 Å². The third-order valence-electron chi connectivity index (χ3n) is 3.62. The average molecular weight is 337 g/mol. The highest BCUT2D eigenvalue weighted by molar-refractivity contribution is 7.99. The second-order valence-corrected chi connectivity index (χ2v) is 8.13. The number of thioether (sulfide) groups is 1. The van der Waals surface area contributed by atoms with Gasteiger partial charge in [0.25, 0.3) is 5.91 Å². The molecule has 1 aliphatic rings. The van der Waals surface area contributed by atoms with Gasteiger partial charge in [-0.05, 0) is 30.1 Å². The Morgan fingerprint density at radius 1 is 1.35 bits per heavy atom. The van der Waals surface area contributed by atoms with Crippen molar-refractivity contribution in [3.63, 3.8) is 0 Å². The number of amides is 1. The monoisotopic (exact) mass is 336 g/mol. The molecule has 0 radical (unpaired) electrons. The highest BCUT2D eigenvalue weighted by Crippen LogP contribution is 2.22. The van der Waals surface area contributed by atoms with Crippen molar-refractivity contribution in [2.75, 3.05) is 24.6 Å². The summed E-state index contributed by atoms with van der Waals surface area (Å²) >= 11 is 1.90. The molecule has 2 rings (SSSR count). The molecule has 1 aliphatic heterocycles. The first-order chi connectivity index (χ1) is 11.0. The quantitative estimate of drug-likeness (QED) is 0.761. The van der Waals surface area contributed by atoms with Crippen LogP contribution in [-0.4, -0.2) is 46.5 Å². The summed E-state index contributed by atoms with van der Waals surface area (Å²) in [5.74, 6) is 3.68. The van der Waals surface area contributed by atoms with E-state index in [1.54, 1.807) is 18.3 Å². The van der Waals surface area contributed by atoms with Crippen LogP contribution in [0.2, 0.25) is 0 Å². The Kier molecular flexibility index (Phi) is 6.75. The third kappa shape index (κ3) is 5.72. The Bertz CT molecular complexity index is 503. The molecule has 0 spiro atoms. The zero-order valence-electron chi connectivity index (χ0n) is 14.6. The highest BCUT2D eigenvalue weighted by Gasteiger charge is 2.21. The van der Waals surface area contributed by atoms with Gasteiger partial charge < -0.3 is 9.64 Å². The van der Waals surface area contributed by atoms with Gasteiger partial charge in [0.2, 0.25) is 5.88 Å². The first-order valence-electron chi connectivity index (χ1n) is 8.45. The average Bonchev–Trinajstić information content (AvgIpc) is 2.98. The molecular weight excluding hydrogens is 308 g/mol. The summed E-state index contributed by atoms with van der Waals surface area (Å²) in [4.78, 5) is 19.1. The Morgan fingerprint density at radius 3 is 2.61 bits per heavy atom. The topological polar surface area (TPSA) is 42.4 Å². The molecule has 1 atom stereocenters. The second kappa shape index (κ2) is 8.57. The number of nitrogens with zero attached hydrogens (tertiary/aromatic N) is 2. The largest absolute Gasteiger partial charge is 0.473 e. The van der Waals surface area contributed by atoms with Crippen LogP contribution in [0.5, 0.6) is 5.88 Å². The minimum Gasteiger partial charge on any atom is -0.473 e. The number of aromatic nitrogens is 1. The summed E-state index contributed by atoms with van der Waals surface area (Å²) in [5, 5.41) is 0. The molecule has 1 unspecified atom stereocenters. The standard InChI is InChI=1S/C18H28N2O2S/c1-13(2)10-20(11-14(3)4)18(21)15-5-7-19-17(9-15)22-16-6-8-23-12-16/h5,7,9,13-14,16H,6,8,10-12H2,1-4H3.